The maximum absolute atomic E-state index is 10.3. The second-order valence-electron chi connectivity index (χ2n) is 3.70. The van der Waals surface area contributed by atoms with Gasteiger partial charge in [0.15, 0.2) is 0 Å². The van der Waals surface area contributed by atoms with Crippen LogP contribution in [0.1, 0.15) is 38.5 Å². The third kappa shape index (κ3) is 2.84. The van der Waals surface area contributed by atoms with Crippen LogP contribution in [-0.2, 0) is 11.3 Å². The third-order valence-electron chi connectivity index (χ3n) is 2.64. The smallest absolute Gasteiger partial charge is 0.123 e. The van der Waals surface area contributed by atoms with Gasteiger partial charge in [-0.05, 0) is 29.3 Å². The van der Waals surface area contributed by atoms with E-state index in [1.165, 1.54) is 0 Å². The first kappa shape index (κ1) is 13.7. The van der Waals surface area contributed by atoms with Gasteiger partial charge in [0.2, 0.25) is 0 Å². The van der Waals surface area contributed by atoms with Gasteiger partial charge >= 0.3 is 0 Å². The maximum Gasteiger partial charge on any atom is 0.123 e. The Bertz CT molecular complexity index is 328. The lowest BCUT2D eigenvalue weighted by molar-refractivity contribution is -0.0223. The summed E-state index contributed by atoms with van der Waals surface area (Å²) in [5, 5.41) is 14.5. The van der Waals surface area contributed by atoms with Gasteiger partial charge in [0, 0.05) is 13.7 Å². The van der Waals surface area contributed by atoms with Gasteiger partial charge in [0.1, 0.15) is 6.10 Å². The van der Waals surface area contributed by atoms with Crippen LogP contribution in [0.15, 0.2) is 10.7 Å². The molecule has 92 valence electrons. The average Bonchev–Trinajstić information content (AvgIpc) is 2.66. The Kier molecular flexibility index (Phi) is 5.44. The predicted molar refractivity (Wildman–Crippen MR) is 66.3 cm³/mol. The van der Waals surface area contributed by atoms with E-state index in [1.54, 1.807) is 18.0 Å². The number of aliphatic hydroxyl groups is 1. The van der Waals surface area contributed by atoms with Crippen LogP contribution in [0.25, 0.3) is 0 Å². The average molecular weight is 291 g/mol. The number of hydrogen-bond donors (Lipinski definition) is 1. The number of aliphatic hydroxyl groups excluding tert-OH is 1. The first-order valence-electron chi connectivity index (χ1n) is 5.57. The molecule has 1 aromatic heterocycles. The number of aryl methyl sites for hydroxylation is 1. The first-order valence-corrected chi connectivity index (χ1v) is 6.37. The zero-order chi connectivity index (χ0) is 12.1. The van der Waals surface area contributed by atoms with Crippen molar-refractivity contribution in [1.82, 2.24) is 9.78 Å². The van der Waals surface area contributed by atoms with E-state index in [9.17, 15) is 5.11 Å². The molecule has 0 aliphatic carbocycles. The Morgan fingerprint density at radius 2 is 2.25 bits per heavy atom. The summed E-state index contributed by atoms with van der Waals surface area (Å²) in [4.78, 5) is 0. The van der Waals surface area contributed by atoms with Crippen LogP contribution in [0, 0.1) is 0 Å². The highest BCUT2D eigenvalue weighted by Gasteiger charge is 2.25. The molecule has 0 aromatic carbocycles. The minimum atomic E-state index is -0.637. The van der Waals surface area contributed by atoms with Crippen molar-refractivity contribution in [2.24, 2.45) is 0 Å². The summed E-state index contributed by atoms with van der Waals surface area (Å²) in [6.07, 6.45) is 2.71. The summed E-state index contributed by atoms with van der Waals surface area (Å²) in [5.41, 5.74) is 0.794. The first-order chi connectivity index (χ1) is 7.65. The van der Waals surface area contributed by atoms with Gasteiger partial charge in [0.05, 0.1) is 22.5 Å². The normalized spacial score (nSPS) is 15.1. The number of methoxy groups -OCH3 is 1. The van der Waals surface area contributed by atoms with Gasteiger partial charge < -0.3 is 9.84 Å². The molecule has 1 aromatic rings. The van der Waals surface area contributed by atoms with Crippen LogP contribution >= 0.6 is 15.9 Å². The molecule has 0 aliphatic heterocycles. The molecule has 0 amide bonds. The van der Waals surface area contributed by atoms with Crippen molar-refractivity contribution in [3.8, 4) is 0 Å². The van der Waals surface area contributed by atoms with Crippen molar-refractivity contribution in [3.63, 3.8) is 0 Å². The molecule has 1 N–H and O–H groups in total. The number of hydrogen-bond acceptors (Lipinski definition) is 3. The van der Waals surface area contributed by atoms with Crippen molar-refractivity contribution in [2.75, 3.05) is 7.11 Å². The Balaban J connectivity index is 2.92. The lowest BCUT2D eigenvalue weighted by atomic mass is 10.1. The van der Waals surface area contributed by atoms with E-state index in [-0.39, 0.29) is 6.10 Å². The Labute approximate surface area is 105 Å². The quantitative estimate of drug-likeness (QED) is 0.876. The van der Waals surface area contributed by atoms with Crippen LogP contribution in [-0.4, -0.2) is 28.1 Å². The topological polar surface area (TPSA) is 47.3 Å². The van der Waals surface area contributed by atoms with Crippen molar-refractivity contribution in [1.29, 1.82) is 0 Å². The minimum Gasteiger partial charge on any atom is -0.384 e. The fourth-order valence-corrected chi connectivity index (χ4v) is 2.31. The van der Waals surface area contributed by atoms with Crippen LogP contribution in [0.2, 0.25) is 0 Å². The summed E-state index contributed by atoms with van der Waals surface area (Å²) in [5.74, 6) is 0. The van der Waals surface area contributed by atoms with Gasteiger partial charge in [-0.3, -0.25) is 4.68 Å². The molecular formula is C11H19BrN2O2. The molecule has 2 unspecified atom stereocenters. The number of aromatic nitrogens is 2. The van der Waals surface area contributed by atoms with Crippen molar-refractivity contribution in [3.05, 3.63) is 16.4 Å². The summed E-state index contributed by atoms with van der Waals surface area (Å²) in [6, 6.07) is 0. The standard InChI is InChI=1S/C11H19BrN2O2/c1-4-6-9(16-3)11(15)10-8(12)7-13-14(10)5-2/h7,9,11,15H,4-6H2,1-3H3. The molecule has 5 heteroatoms. The van der Waals surface area contributed by atoms with E-state index < -0.39 is 6.10 Å². The van der Waals surface area contributed by atoms with Gasteiger partial charge in [-0.25, -0.2) is 0 Å². The minimum absolute atomic E-state index is 0.178. The second-order valence-corrected chi connectivity index (χ2v) is 4.56. The monoisotopic (exact) mass is 290 g/mol. The van der Waals surface area contributed by atoms with Gasteiger partial charge in [-0.15, -0.1) is 0 Å². The van der Waals surface area contributed by atoms with Crippen molar-refractivity contribution in [2.45, 2.75) is 45.4 Å². The van der Waals surface area contributed by atoms with E-state index in [0.29, 0.717) is 0 Å². The molecule has 0 fully saturated rings. The van der Waals surface area contributed by atoms with Crippen LogP contribution in [0.4, 0.5) is 0 Å². The highest BCUT2D eigenvalue weighted by Crippen LogP contribution is 2.28. The number of halogens is 1. The van der Waals surface area contributed by atoms with E-state index in [4.69, 9.17) is 4.74 Å². The van der Waals surface area contributed by atoms with Gasteiger partial charge in [-0.1, -0.05) is 13.3 Å². The zero-order valence-electron chi connectivity index (χ0n) is 9.98. The lowest BCUT2D eigenvalue weighted by Crippen LogP contribution is -2.23. The molecule has 0 saturated heterocycles. The Morgan fingerprint density at radius 1 is 1.56 bits per heavy atom. The largest absolute Gasteiger partial charge is 0.384 e. The fourth-order valence-electron chi connectivity index (χ4n) is 1.78. The predicted octanol–water partition coefficient (Wildman–Crippen LogP) is 2.51. The van der Waals surface area contributed by atoms with Crippen LogP contribution in [0.5, 0.6) is 0 Å². The van der Waals surface area contributed by atoms with E-state index >= 15 is 0 Å². The molecule has 1 heterocycles. The Hall–Kier alpha value is -0.390. The highest BCUT2D eigenvalue weighted by molar-refractivity contribution is 9.10. The summed E-state index contributed by atoms with van der Waals surface area (Å²) in [6.45, 7) is 4.81. The molecule has 2 atom stereocenters. The Morgan fingerprint density at radius 3 is 2.75 bits per heavy atom. The molecule has 0 aliphatic rings. The van der Waals surface area contributed by atoms with Crippen LogP contribution < -0.4 is 0 Å². The molecule has 1 rings (SSSR count). The maximum atomic E-state index is 10.3. The van der Waals surface area contributed by atoms with E-state index in [0.717, 1.165) is 29.6 Å². The van der Waals surface area contributed by atoms with Gasteiger partial charge in [0.25, 0.3) is 0 Å². The van der Waals surface area contributed by atoms with Crippen molar-refractivity contribution < 1.29 is 9.84 Å². The molecule has 4 nitrogen and oxygen atoms in total. The molecule has 0 radical (unpaired) electrons. The third-order valence-corrected chi connectivity index (χ3v) is 3.25. The highest BCUT2D eigenvalue weighted by atomic mass is 79.9. The van der Waals surface area contributed by atoms with Crippen LogP contribution in [0.3, 0.4) is 0 Å². The van der Waals surface area contributed by atoms with Gasteiger partial charge in [-0.2, -0.15) is 5.10 Å². The number of rotatable bonds is 6. The fraction of sp³-hybridized carbons (Fsp3) is 0.727. The lowest BCUT2D eigenvalue weighted by Gasteiger charge is -2.22. The van der Waals surface area contributed by atoms with E-state index in [2.05, 4.69) is 28.0 Å². The molecular weight excluding hydrogens is 272 g/mol. The SMILES string of the molecule is CCCC(OC)C(O)c1c(Br)cnn1CC. The molecule has 16 heavy (non-hydrogen) atoms. The molecule has 0 spiro atoms. The second kappa shape index (κ2) is 6.37. The number of nitrogens with zero attached hydrogens (tertiary/aromatic N) is 2. The summed E-state index contributed by atoms with van der Waals surface area (Å²) in [7, 11) is 1.63. The van der Waals surface area contributed by atoms with Crippen molar-refractivity contribution >= 4 is 15.9 Å². The molecule has 0 saturated carbocycles. The van der Waals surface area contributed by atoms with E-state index in [1.807, 2.05) is 6.92 Å². The zero-order valence-corrected chi connectivity index (χ0v) is 11.6. The summed E-state index contributed by atoms with van der Waals surface area (Å²) < 4.78 is 7.94. The summed E-state index contributed by atoms with van der Waals surface area (Å²) >= 11 is 3.41. The number of ether oxygens (including phenoxy) is 1. The molecule has 0 bridgehead atoms.